The highest BCUT2D eigenvalue weighted by Gasteiger charge is 2.37. The molecule has 0 aromatic carbocycles. The highest BCUT2D eigenvalue weighted by atomic mass is 32.2. The van der Waals surface area contributed by atoms with Gasteiger partial charge in [0.25, 0.3) is 5.85 Å². The fourth-order valence-corrected chi connectivity index (χ4v) is 2.69. The zero-order valence-electron chi connectivity index (χ0n) is 12.6. The Morgan fingerprint density at radius 3 is 2.37 bits per heavy atom. The first kappa shape index (κ1) is 18.5. The molecule has 0 aromatic rings. The molecular formula is C12H24N2O3S2. The molecule has 0 fully saturated rings. The predicted octanol–water partition coefficient (Wildman–Crippen LogP) is 2.66. The summed E-state index contributed by atoms with van der Waals surface area (Å²) < 4.78 is 30.2. The van der Waals surface area contributed by atoms with E-state index in [1.165, 1.54) is 18.8 Å². The van der Waals surface area contributed by atoms with E-state index in [1.54, 1.807) is 6.92 Å². The minimum atomic E-state index is -3.42. The molecule has 1 atom stereocenters. The molecule has 0 aromatic heterocycles. The van der Waals surface area contributed by atoms with Crippen molar-refractivity contribution in [3.63, 3.8) is 0 Å². The number of rotatable bonds is 7. The zero-order valence-corrected chi connectivity index (χ0v) is 14.2. The van der Waals surface area contributed by atoms with E-state index >= 15 is 0 Å². The number of sulfonamides is 1. The SMILES string of the molecule is C=C(CC)OC(C)(N=C(C)SCC)N(C)S(C)(=O)=O. The lowest BCUT2D eigenvalue weighted by Crippen LogP contribution is -2.47. The number of nitrogens with zero attached hydrogens (tertiary/aromatic N) is 2. The molecule has 0 N–H and O–H groups in total. The third kappa shape index (κ3) is 5.97. The lowest BCUT2D eigenvalue weighted by atomic mass is 10.4. The van der Waals surface area contributed by atoms with Crippen LogP contribution in [0, 0.1) is 0 Å². The monoisotopic (exact) mass is 308 g/mol. The smallest absolute Gasteiger partial charge is 0.269 e. The molecule has 7 heteroatoms. The number of thioether (sulfide) groups is 1. The molecule has 0 saturated heterocycles. The van der Waals surface area contributed by atoms with Gasteiger partial charge in [0.1, 0.15) is 0 Å². The minimum Gasteiger partial charge on any atom is -0.457 e. The molecule has 19 heavy (non-hydrogen) atoms. The maximum absolute atomic E-state index is 11.7. The van der Waals surface area contributed by atoms with Crippen molar-refractivity contribution in [1.29, 1.82) is 0 Å². The van der Waals surface area contributed by atoms with E-state index in [2.05, 4.69) is 11.6 Å². The molecule has 0 aliphatic rings. The van der Waals surface area contributed by atoms with Crippen LogP contribution in [0.5, 0.6) is 0 Å². The van der Waals surface area contributed by atoms with E-state index in [0.717, 1.165) is 21.4 Å². The van der Waals surface area contributed by atoms with Crippen LogP contribution in [-0.2, 0) is 14.8 Å². The van der Waals surface area contributed by atoms with Gasteiger partial charge in [-0.3, -0.25) is 0 Å². The van der Waals surface area contributed by atoms with Crippen molar-refractivity contribution in [3.8, 4) is 0 Å². The second-order valence-electron chi connectivity index (χ2n) is 4.22. The third-order valence-electron chi connectivity index (χ3n) is 2.53. The topological polar surface area (TPSA) is 59.0 Å². The van der Waals surface area contributed by atoms with Crippen LogP contribution in [0.25, 0.3) is 0 Å². The van der Waals surface area contributed by atoms with Crippen LogP contribution in [0.1, 0.15) is 34.1 Å². The van der Waals surface area contributed by atoms with E-state index in [9.17, 15) is 8.42 Å². The van der Waals surface area contributed by atoms with Gasteiger partial charge in [0, 0.05) is 20.4 Å². The number of ether oxygens (including phenoxy) is 1. The van der Waals surface area contributed by atoms with Gasteiger partial charge in [0.2, 0.25) is 10.0 Å². The van der Waals surface area contributed by atoms with Crippen LogP contribution in [0.15, 0.2) is 17.3 Å². The lowest BCUT2D eigenvalue weighted by molar-refractivity contribution is -0.0543. The first-order valence-electron chi connectivity index (χ1n) is 6.06. The van der Waals surface area contributed by atoms with Gasteiger partial charge < -0.3 is 4.74 Å². The van der Waals surface area contributed by atoms with Crippen molar-refractivity contribution in [2.75, 3.05) is 19.1 Å². The van der Waals surface area contributed by atoms with Gasteiger partial charge in [-0.2, -0.15) is 0 Å². The Hall–Kier alpha value is -0.530. The van der Waals surface area contributed by atoms with E-state index in [1.807, 2.05) is 20.8 Å². The fourth-order valence-electron chi connectivity index (χ4n) is 1.34. The van der Waals surface area contributed by atoms with Crippen LogP contribution in [0.3, 0.4) is 0 Å². The van der Waals surface area contributed by atoms with Crippen molar-refractivity contribution in [3.05, 3.63) is 12.3 Å². The van der Waals surface area contributed by atoms with Crippen molar-refractivity contribution in [2.24, 2.45) is 4.99 Å². The van der Waals surface area contributed by atoms with E-state index in [4.69, 9.17) is 4.74 Å². The zero-order chi connectivity index (χ0) is 15.3. The molecular weight excluding hydrogens is 284 g/mol. The summed E-state index contributed by atoms with van der Waals surface area (Å²) in [6.07, 6.45) is 1.73. The molecule has 0 rings (SSSR count). The average Bonchev–Trinajstić information content (AvgIpc) is 2.26. The molecule has 1 unspecified atom stereocenters. The highest BCUT2D eigenvalue weighted by molar-refractivity contribution is 8.13. The summed E-state index contributed by atoms with van der Waals surface area (Å²) in [5.41, 5.74) is 0. The van der Waals surface area contributed by atoms with Gasteiger partial charge >= 0.3 is 0 Å². The number of allylic oxidation sites excluding steroid dienone is 1. The van der Waals surface area contributed by atoms with Crippen molar-refractivity contribution in [2.45, 2.75) is 40.0 Å². The summed E-state index contributed by atoms with van der Waals surface area (Å²) in [6.45, 7) is 11.1. The Morgan fingerprint density at radius 2 is 2.00 bits per heavy atom. The molecule has 0 radical (unpaired) electrons. The van der Waals surface area contributed by atoms with Crippen LogP contribution < -0.4 is 0 Å². The van der Waals surface area contributed by atoms with Gasteiger partial charge in [-0.1, -0.05) is 20.4 Å². The molecule has 5 nitrogen and oxygen atoms in total. The predicted molar refractivity (Wildman–Crippen MR) is 82.8 cm³/mol. The normalized spacial score (nSPS) is 16.3. The van der Waals surface area contributed by atoms with Gasteiger partial charge in [-0.05, 0) is 12.7 Å². The molecule has 0 spiro atoms. The summed E-state index contributed by atoms with van der Waals surface area (Å²) in [7, 11) is -1.97. The van der Waals surface area contributed by atoms with Crippen LogP contribution in [-0.4, -0.2) is 42.7 Å². The Labute approximate surface area is 121 Å². The molecule has 112 valence electrons. The van der Waals surface area contributed by atoms with E-state index < -0.39 is 15.9 Å². The highest BCUT2D eigenvalue weighted by Crippen LogP contribution is 2.25. The number of hydrogen-bond donors (Lipinski definition) is 0. The fraction of sp³-hybridized carbons (Fsp3) is 0.750. The third-order valence-corrected chi connectivity index (χ3v) is 4.66. The van der Waals surface area contributed by atoms with Gasteiger partial charge in [-0.25, -0.2) is 13.4 Å². The summed E-state index contributed by atoms with van der Waals surface area (Å²) in [5.74, 6) is 0.0615. The molecule has 0 saturated carbocycles. The first-order chi connectivity index (χ1) is 8.56. The standard InChI is InChI=1S/C12H24N2O3S2/c1-8-10(3)17-12(5,13-11(4)18-9-2)14(6)19(7,15)16/h3,8-9H2,1-2,4-7H3. The molecule has 0 aliphatic heterocycles. The average molecular weight is 308 g/mol. The van der Waals surface area contributed by atoms with Crippen molar-refractivity contribution in [1.82, 2.24) is 4.31 Å². The van der Waals surface area contributed by atoms with Crippen LogP contribution in [0.2, 0.25) is 0 Å². The Bertz CT molecular complexity index is 446. The summed E-state index contributed by atoms with van der Waals surface area (Å²) in [6, 6.07) is 0. The van der Waals surface area contributed by atoms with E-state index in [-0.39, 0.29) is 0 Å². The first-order valence-corrected chi connectivity index (χ1v) is 8.90. The minimum absolute atomic E-state index is 0.496. The van der Waals surface area contributed by atoms with E-state index in [0.29, 0.717) is 12.2 Å². The molecule has 0 heterocycles. The molecule has 0 amide bonds. The lowest BCUT2D eigenvalue weighted by Gasteiger charge is -2.34. The largest absolute Gasteiger partial charge is 0.457 e. The van der Waals surface area contributed by atoms with Gasteiger partial charge in [0.05, 0.1) is 17.1 Å². The second-order valence-corrected chi connectivity index (χ2v) is 7.69. The van der Waals surface area contributed by atoms with Crippen LogP contribution >= 0.6 is 11.8 Å². The van der Waals surface area contributed by atoms with Gasteiger partial charge in [-0.15, -0.1) is 16.1 Å². The number of aliphatic imine (C=N–C) groups is 1. The Morgan fingerprint density at radius 1 is 1.47 bits per heavy atom. The summed E-state index contributed by atoms with van der Waals surface area (Å²) in [5, 5.41) is 0.768. The summed E-state index contributed by atoms with van der Waals surface area (Å²) in [4.78, 5) is 4.40. The van der Waals surface area contributed by atoms with Crippen LogP contribution in [0.4, 0.5) is 0 Å². The molecule has 0 aliphatic carbocycles. The van der Waals surface area contributed by atoms with Crippen molar-refractivity contribution < 1.29 is 13.2 Å². The number of hydrogen-bond acceptors (Lipinski definition) is 5. The Balaban J connectivity index is 5.48. The quantitative estimate of drug-likeness (QED) is 0.314. The summed E-state index contributed by atoms with van der Waals surface area (Å²) >= 11 is 1.54. The maximum Gasteiger partial charge on any atom is 0.269 e. The second kappa shape index (κ2) is 7.31. The maximum atomic E-state index is 11.7. The van der Waals surface area contributed by atoms with Gasteiger partial charge in [0.15, 0.2) is 0 Å². The Kier molecular flexibility index (Phi) is 7.10. The molecule has 0 bridgehead atoms. The van der Waals surface area contributed by atoms with Crippen molar-refractivity contribution >= 4 is 26.8 Å².